The lowest BCUT2D eigenvalue weighted by Gasteiger charge is -2.24. The van der Waals surface area contributed by atoms with Crippen molar-refractivity contribution in [1.29, 1.82) is 0 Å². The van der Waals surface area contributed by atoms with Gasteiger partial charge in [0.15, 0.2) is 0 Å². The van der Waals surface area contributed by atoms with Gasteiger partial charge in [-0.05, 0) is 58.2 Å². The van der Waals surface area contributed by atoms with Crippen LogP contribution in [0.1, 0.15) is 95.9 Å². The molecule has 0 unspecified atom stereocenters. The van der Waals surface area contributed by atoms with Crippen LogP contribution in [0.2, 0.25) is 0 Å². The van der Waals surface area contributed by atoms with Crippen molar-refractivity contribution in [2.75, 3.05) is 0 Å². The van der Waals surface area contributed by atoms with Crippen LogP contribution in [0.15, 0.2) is 0 Å². The quantitative estimate of drug-likeness (QED) is 0.436. The first-order valence-electron chi connectivity index (χ1n) is 9.45. The van der Waals surface area contributed by atoms with E-state index in [2.05, 4.69) is 83.1 Å². The van der Waals surface area contributed by atoms with Crippen molar-refractivity contribution in [3.63, 3.8) is 0 Å². The van der Waals surface area contributed by atoms with Crippen LogP contribution < -0.4 is 0 Å². The van der Waals surface area contributed by atoms with Gasteiger partial charge >= 0.3 is 0 Å². The third-order valence-electron chi connectivity index (χ3n) is 6.03. The van der Waals surface area contributed by atoms with E-state index in [1.807, 2.05) is 0 Å². The Labute approximate surface area is 141 Å². The number of hydrogen-bond acceptors (Lipinski definition) is 0. The summed E-state index contributed by atoms with van der Waals surface area (Å²) in [7, 11) is 0. The number of rotatable bonds is 0. The molecule has 0 aromatic carbocycles. The Hall–Kier alpha value is 0. The van der Waals surface area contributed by atoms with Gasteiger partial charge in [-0.25, -0.2) is 0 Å². The van der Waals surface area contributed by atoms with E-state index in [0.717, 1.165) is 23.7 Å². The minimum absolute atomic E-state index is 0.540. The zero-order chi connectivity index (χ0) is 17.7. The average Bonchev–Trinajstić information content (AvgIpc) is 3.07. The maximum absolute atomic E-state index is 2.36. The Morgan fingerprint density at radius 3 is 0.545 bits per heavy atom. The third-order valence-corrected chi connectivity index (χ3v) is 6.03. The molecular formula is C22H44. The molecule has 0 heterocycles. The smallest absolute Gasteiger partial charge is 0.0329 e. The summed E-state index contributed by atoms with van der Waals surface area (Å²) in [4.78, 5) is 0. The molecule has 2 aliphatic rings. The Morgan fingerprint density at radius 1 is 0.364 bits per heavy atom. The van der Waals surface area contributed by atoms with Gasteiger partial charge in [-0.15, -0.1) is 0 Å². The van der Waals surface area contributed by atoms with E-state index in [1.165, 1.54) is 12.8 Å². The van der Waals surface area contributed by atoms with E-state index in [4.69, 9.17) is 0 Å². The summed E-state index contributed by atoms with van der Waals surface area (Å²) in [5, 5.41) is 0. The molecule has 2 aliphatic carbocycles. The van der Waals surface area contributed by atoms with Crippen LogP contribution in [-0.4, -0.2) is 0 Å². The van der Waals surface area contributed by atoms with Crippen LogP contribution in [0.3, 0.4) is 0 Å². The second kappa shape index (κ2) is 5.82. The molecule has 0 N–H and O–H groups in total. The molecule has 0 aromatic heterocycles. The lowest BCUT2D eigenvalue weighted by molar-refractivity contribution is 0.254. The highest BCUT2D eigenvalue weighted by molar-refractivity contribution is 5.00. The molecule has 0 spiro atoms. The maximum Gasteiger partial charge on any atom is -0.0329 e. The van der Waals surface area contributed by atoms with Crippen molar-refractivity contribution in [1.82, 2.24) is 0 Å². The maximum atomic E-state index is 2.36. The first-order chi connectivity index (χ1) is 9.45. The summed E-state index contributed by atoms with van der Waals surface area (Å²) in [6.07, 6.45) is 2.90. The van der Waals surface area contributed by atoms with Gasteiger partial charge in [-0.1, -0.05) is 83.1 Å². The number of hydrogen-bond donors (Lipinski definition) is 0. The molecule has 132 valence electrons. The topological polar surface area (TPSA) is 0 Å². The summed E-state index contributed by atoms with van der Waals surface area (Å²) < 4.78 is 0. The minimum Gasteiger partial charge on any atom is -0.0599 e. The third kappa shape index (κ3) is 5.57. The van der Waals surface area contributed by atoms with E-state index >= 15 is 0 Å². The molecule has 0 nitrogen and oxygen atoms in total. The van der Waals surface area contributed by atoms with Gasteiger partial charge in [0.05, 0.1) is 0 Å². The van der Waals surface area contributed by atoms with Gasteiger partial charge in [-0.2, -0.15) is 0 Å². The average molecular weight is 309 g/mol. The predicted octanol–water partition coefficient (Wildman–Crippen LogP) is 7.43. The first-order valence-corrected chi connectivity index (χ1v) is 9.45. The van der Waals surface area contributed by atoms with Crippen LogP contribution in [0.25, 0.3) is 0 Å². The van der Waals surface area contributed by atoms with Crippen molar-refractivity contribution in [3.8, 4) is 0 Å². The fourth-order valence-electron chi connectivity index (χ4n) is 4.22. The van der Waals surface area contributed by atoms with Crippen LogP contribution in [-0.2, 0) is 0 Å². The summed E-state index contributed by atoms with van der Waals surface area (Å²) in [5.74, 6) is 3.90. The van der Waals surface area contributed by atoms with Gasteiger partial charge in [0.25, 0.3) is 0 Å². The normalized spacial score (nSPS) is 32.2. The lowest BCUT2D eigenvalue weighted by Crippen LogP contribution is -2.16. The molecule has 22 heavy (non-hydrogen) atoms. The minimum atomic E-state index is 0.540. The van der Waals surface area contributed by atoms with Crippen LogP contribution in [0.4, 0.5) is 0 Å². The highest BCUT2D eigenvalue weighted by Gasteiger charge is 2.51. The Morgan fingerprint density at radius 2 is 0.500 bits per heavy atom. The molecule has 0 aromatic rings. The lowest BCUT2D eigenvalue weighted by atomic mass is 9.81. The fourth-order valence-corrected chi connectivity index (χ4v) is 4.22. The van der Waals surface area contributed by atoms with Gasteiger partial charge in [0.1, 0.15) is 0 Å². The van der Waals surface area contributed by atoms with E-state index in [0.29, 0.717) is 21.7 Å². The van der Waals surface area contributed by atoms with E-state index in [-0.39, 0.29) is 0 Å². The summed E-state index contributed by atoms with van der Waals surface area (Å²) >= 11 is 0. The summed E-state index contributed by atoms with van der Waals surface area (Å²) in [6.45, 7) is 28.4. The molecule has 0 saturated heterocycles. The van der Waals surface area contributed by atoms with Gasteiger partial charge in [0, 0.05) is 0 Å². The van der Waals surface area contributed by atoms with E-state index < -0.39 is 0 Å². The van der Waals surface area contributed by atoms with E-state index in [1.54, 1.807) is 0 Å². The predicted molar refractivity (Wildman–Crippen MR) is 101 cm³/mol. The monoisotopic (exact) mass is 308 g/mol. The van der Waals surface area contributed by atoms with Crippen LogP contribution in [0.5, 0.6) is 0 Å². The molecule has 0 radical (unpaired) electrons. The van der Waals surface area contributed by atoms with Crippen molar-refractivity contribution in [3.05, 3.63) is 0 Å². The molecule has 2 saturated carbocycles. The molecule has 4 atom stereocenters. The van der Waals surface area contributed by atoms with Crippen LogP contribution >= 0.6 is 0 Å². The Kier molecular flexibility index (Phi) is 5.30. The van der Waals surface area contributed by atoms with Crippen molar-refractivity contribution < 1.29 is 0 Å². The van der Waals surface area contributed by atoms with Gasteiger partial charge in [0.2, 0.25) is 0 Å². The van der Waals surface area contributed by atoms with Crippen LogP contribution in [0, 0.1) is 45.3 Å². The van der Waals surface area contributed by atoms with Crippen molar-refractivity contribution >= 4 is 0 Å². The SMILES string of the molecule is CC(C)(C)[C@@H]1C[C@@H]1C(C)(C)C.CC(C)(C)[C@@H]1C[C@@H]1C(C)(C)C. The standard InChI is InChI=1S/2C11H22/c2*1-10(2,3)8-7-9(8)11(4,5)6/h2*8-9H,7H2,1-6H3/t2*8-,9+. The molecule has 0 amide bonds. The van der Waals surface area contributed by atoms with Crippen molar-refractivity contribution in [2.24, 2.45) is 45.3 Å². The molecule has 0 aliphatic heterocycles. The summed E-state index contributed by atoms with van der Waals surface area (Å²) in [5.41, 5.74) is 2.16. The van der Waals surface area contributed by atoms with E-state index in [9.17, 15) is 0 Å². The van der Waals surface area contributed by atoms with Crippen molar-refractivity contribution in [2.45, 2.75) is 95.9 Å². The second-order valence-electron chi connectivity index (χ2n) is 12.4. The molecule has 2 fully saturated rings. The first kappa shape index (κ1) is 20.0. The zero-order valence-corrected chi connectivity index (χ0v) is 17.7. The second-order valence-corrected chi connectivity index (χ2v) is 12.4. The van der Waals surface area contributed by atoms with Gasteiger partial charge in [-0.3, -0.25) is 0 Å². The highest BCUT2D eigenvalue weighted by atomic mass is 14.6. The molecular weight excluding hydrogens is 264 g/mol. The van der Waals surface area contributed by atoms with Gasteiger partial charge < -0.3 is 0 Å². The highest BCUT2D eigenvalue weighted by Crippen LogP contribution is 2.59. The Balaban J connectivity index is 0.000000220. The molecule has 0 heteroatoms. The Bertz CT molecular complexity index is 287. The zero-order valence-electron chi connectivity index (χ0n) is 17.7. The summed E-state index contributed by atoms with van der Waals surface area (Å²) in [6, 6.07) is 0. The largest absolute Gasteiger partial charge is 0.0599 e. The molecule has 0 bridgehead atoms. The molecule has 2 rings (SSSR count). The fraction of sp³-hybridized carbons (Fsp3) is 1.00.